The number of benzene rings is 1. The van der Waals surface area contributed by atoms with Gasteiger partial charge in [0.05, 0.1) is 18.4 Å². The fourth-order valence-corrected chi connectivity index (χ4v) is 3.20. The summed E-state index contributed by atoms with van der Waals surface area (Å²) in [6, 6.07) is 4.05. The summed E-state index contributed by atoms with van der Waals surface area (Å²) < 4.78 is 50.0. The molecule has 10 heteroatoms. The number of carbonyl (C=O) groups excluding carboxylic acids is 1. The summed E-state index contributed by atoms with van der Waals surface area (Å²) in [5.74, 6) is 0.614. The van der Waals surface area contributed by atoms with Crippen molar-refractivity contribution in [2.24, 2.45) is 0 Å². The van der Waals surface area contributed by atoms with Gasteiger partial charge in [-0.25, -0.2) is 14.8 Å². The van der Waals surface area contributed by atoms with Gasteiger partial charge in [0.25, 0.3) is 11.8 Å². The zero-order valence-corrected chi connectivity index (χ0v) is 15.7. The number of amides is 2. The molecule has 2 N–H and O–H groups in total. The number of hydrogen-bond donors (Lipinski definition) is 2. The Labute approximate surface area is 165 Å². The summed E-state index contributed by atoms with van der Waals surface area (Å²) in [5, 5.41) is 5.02. The molecule has 0 saturated heterocycles. The minimum atomic E-state index is -4.54. The van der Waals surface area contributed by atoms with Gasteiger partial charge < -0.3 is 20.1 Å². The number of anilines is 1. The molecule has 1 aliphatic rings. The number of urea groups is 1. The predicted octanol–water partition coefficient (Wildman–Crippen LogP) is 4.02. The molecule has 0 bridgehead atoms. The van der Waals surface area contributed by atoms with Crippen molar-refractivity contribution in [1.29, 1.82) is 0 Å². The number of hydrogen-bond acceptors (Lipinski definition) is 5. The van der Waals surface area contributed by atoms with Crippen molar-refractivity contribution in [1.82, 2.24) is 15.3 Å². The minimum Gasteiger partial charge on any atom is -0.477 e. The van der Waals surface area contributed by atoms with Crippen molar-refractivity contribution in [2.75, 3.05) is 12.4 Å². The van der Waals surface area contributed by atoms with Gasteiger partial charge in [-0.3, -0.25) is 0 Å². The lowest BCUT2D eigenvalue weighted by atomic mass is 9.93. The van der Waals surface area contributed by atoms with Crippen molar-refractivity contribution < 1.29 is 27.4 Å². The molecular formula is C19H21F3N4O3. The monoisotopic (exact) mass is 410 g/mol. The minimum absolute atomic E-state index is 0.104. The average molecular weight is 410 g/mol. The maximum absolute atomic E-state index is 13.0. The normalized spacial score (nSPS) is 19.3. The number of rotatable bonds is 5. The van der Waals surface area contributed by atoms with Crippen LogP contribution in [0.1, 0.15) is 31.2 Å². The van der Waals surface area contributed by atoms with Crippen molar-refractivity contribution in [2.45, 2.75) is 44.0 Å². The molecule has 0 aliphatic heterocycles. The molecule has 3 rings (SSSR count). The number of nitrogens with zero attached hydrogens (tertiary/aromatic N) is 2. The number of halogens is 3. The Bertz CT molecular complexity index is 839. The van der Waals surface area contributed by atoms with Crippen LogP contribution in [-0.2, 0) is 6.18 Å². The molecular weight excluding hydrogens is 389 g/mol. The van der Waals surface area contributed by atoms with E-state index < -0.39 is 17.8 Å². The van der Waals surface area contributed by atoms with Crippen LogP contribution in [0.4, 0.5) is 23.7 Å². The maximum atomic E-state index is 13.0. The van der Waals surface area contributed by atoms with Gasteiger partial charge in [-0.15, -0.1) is 0 Å². The molecule has 1 fully saturated rings. The zero-order valence-electron chi connectivity index (χ0n) is 15.7. The highest BCUT2D eigenvalue weighted by atomic mass is 19.4. The third-order valence-electron chi connectivity index (χ3n) is 4.59. The van der Waals surface area contributed by atoms with E-state index in [1.807, 2.05) is 0 Å². The first-order valence-corrected chi connectivity index (χ1v) is 9.12. The van der Waals surface area contributed by atoms with E-state index in [0.29, 0.717) is 37.4 Å². The predicted molar refractivity (Wildman–Crippen MR) is 98.9 cm³/mol. The maximum Gasteiger partial charge on any atom is 0.418 e. The molecule has 0 unspecified atom stereocenters. The van der Waals surface area contributed by atoms with Crippen LogP contribution in [0.5, 0.6) is 11.8 Å². The number of alkyl halides is 3. The van der Waals surface area contributed by atoms with E-state index in [1.165, 1.54) is 37.7 Å². The number of ether oxygens (including phenoxy) is 2. The van der Waals surface area contributed by atoms with Crippen LogP contribution in [0.2, 0.25) is 0 Å². The van der Waals surface area contributed by atoms with Gasteiger partial charge in [-0.2, -0.15) is 13.2 Å². The van der Waals surface area contributed by atoms with Crippen LogP contribution in [0.3, 0.4) is 0 Å². The highest BCUT2D eigenvalue weighted by Gasteiger charge is 2.34. The second kappa shape index (κ2) is 8.97. The lowest BCUT2D eigenvalue weighted by molar-refractivity contribution is -0.136. The molecule has 29 heavy (non-hydrogen) atoms. The lowest BCUT2D eigenvalue weighted by Crippen LogP contribution is -2.42. The molecule has 0 radical (unpaired) electrons. The molecule has 1 aromatic carbocycles. The molecule has 1 heterocycles. The van der Waals surface area contributed by atoms with Crippen molar-refractivity contribution >= 4 is 11.7 Å². The van der Waals surface area contributed by atoms with Gasteiger partial charge in [0.1, 0.15) is 6.10 Å². The molecule has 2 aromatic rings. The van der Waals surface area contributed by atoms with Gasteiger partial charge in [0.15, 0.2) is 0 Å². The Morgan fingerprint density at radius 1 is 1.07 bits per heavy atom. The van der Waals surface area contributed by atoms with Gasteiger partial charge in [0.2, 0.25) is 0 Å². The van der Waals surface area contributed by atoms with Gasteiger partial charge >= 0.3 is 12.2 Å². The van der Waals surface area contributed by atoms with Gasteiger partial charge in [0, 0.05) is 18.4 Å². The Balaban J connectivity index is 1.50. The standard InChI is InChI=1S/C19H21F3N4O3/c1-28-16-17(24-11-10-23-16)29-13-8-6-12(7-9-13)25-18(27)26-15-5-3-2-4-14(15)19(20,21)22/h2-5,10-13H,6-9H2,1H3,(H2,25,26,27). The SMILES string of the molecule is COc1nccnc1OC1CCC(NC(=O)Nc2ccccc2C(F)(F)F)CC1. The first-order chi connectivity index (χ1) is 13.9. The van der Waals surface area contributed by atoms with Crippen molar-refractivity contribution in [3.8, 4) is 11.8 Å². The summed E-state index contributed by atoms with van der Waals surface area (Å²) in [7, 11) is 1.48. The molecule has 0 spiro atoms. The van der Waals surface area contributed by atoms with E-state index in [1.54, 1.807) is 0 Å². The molecule has 0 atom stereocenters. The highest BCUT2D eigenvalue weighted by molar-refractivity contribution is 5.90. The van der Waals surface area contributed by atoms with Gasteiger partial charge in [-0.05, 0) is 37.8 Å². The Morgan fingerprint density at radius 3 is 2.38 bits per heavy atom. The number of nitrogens with one attached hydrogen (secondary N) is 2. The molecule has 2 amide bonds. The second-order valence-electron chi connectivity index (χ2n) is 6.60. The van der Waals surface area contributed by atoms with Crippen LogP contribution >= 0.6 is 0 Å². The fourth-order valence-electron chi connectivity index (χ4n) is 3.20. The molecule has 1 aromatic heterocycles. The smallest absolute Gasteiger partial charge is 0.418 e. The third-order valence-corrected chi connectivity index (χ3v) is 4.59. The average Bonchev–Trinajstić information content (AvgIpc) is 2.69. The summed E-state index contributed by atoms with van der Waals surface area (Å²) >= 11 is 0. The topological polar surface area (TPSA) is 85.4 Å². The fraction of sp³-hybridized carbons (Fsp3) is 0.421. The summed E-state index contributed by atoms with van der Waals surface area (Å²) in [5.41, 5.74) is -1.16. The molecule has 156 valence electrons. The van der Waals surface area contributed by atoms with Crippen LogP contribution in [0.25, 0.3) is 0 Å². The third kappa shape index (κ3) is 5.49. The Morgan fingerprint density at radius 2 is 1.72 bits per heavy atom. The summed E-state index contributed by atoms with van der Waals surface area (Å²) in [6.45, 7) is 0. The Kier molecular flexibility index (Phi) is 6.40. The van der Waals surface area contributed by atoms with E-state index >= 15 is 0 Å². The number of carbonyl (C=O) groups is 1. The van der Waals surface area contributed by atoms with E-state index in [4.69, 9.17) is 9.47 Å². The second-order valence-corrected chi connectivity index (χ2v) is 6.60. The highest BCUT2D eigenvalue weighted by Crippen LogP contribution is 2.34. The zero-order chi connectivity index (χ0) is 20.9. The summed E-state index contributed by atoms with van der Waals surface area (Å²) in [6.07, 6.45) is 0.931. The van der Waals surface area contributed by atoms with Crippen LogP contribution in [-0.4, -0.2) is 35.3 Å². The number of methoxy groups -OCH3 is 1. The quantitative estimate of drug-likeness (QED) is 0.778. The van der Waals surface area contributed by atoms with Crippen LogP contribution in [0.15, 0.2) is 36.7 Å². The van der Waals surface area contributed by atoms with E-state index in [2.05, 4.69) is 20.6 Å². The van der Waals surface area contributed by atoms with Crippen molar-refractivity contribution in [3.63, 3.8) is 0 Å². The molecule has 1 aliphatic carbocycles. The lowest BCUT2D eigenvalue weighted by Gasteiger charge is -2.29. The summed E-state index contributed by atoms with van der Waals surface area (Å²) in [4.78, 5) is 20.3. The van der Waals surface area contributed by atoms with E-state index in [-0.39, 0.29) is 17.8 Å². The first-order valence-electron chi connectivity index (χ1n) is 9.12. The van der Waals surface area contributed by atoms with Crippen LogP contribution < -0.4 is 20.1 Å². The van der Waals surface area contributed by atoms with E-state index in [0.717, 1.165) is 6.07 Å². The van der Waals surface area contributed by atoms with Gasteiger partial charge in [-0.1, -0.05) is 12.1 Å². The van der Waals surface area contributed by atoms with Crippen molar-refractivity contribution in [3.05, 3.63) is 42.2 Å². The van der Waals surface area contributed by atoms with E-state index in [9.17, 15) is 18.0 Å². The number of aromatic nitrogens is 2. The molecule has 7 nitrogen and oxygen atoms in total. The Hall–Kier alpha value is -3.04. The van der Waals surface area contributed by atoms with Crippen LogP contribution in [0, 0.1) is 0 Å². The first kappa shape index (κ1) is 20.7. The largest absolute Gasteiger partial charge is 0.477 e. The molecule has 1 saturated carbocycles. The number of para-hydroxylation sites is 1.